The van der Waals surface area contributed by atoms with E-state index in [1.807, 2.05) is 9.80 Å². The molecule has 6 nitrogen and oxygen atoms in total. The van der Waals surface area contributed by atoms with Crippen molar-refractivity contribution < 1.29 is 9.59 Å². The van der Waals surface area contributed by atoms with Crippen LogP contribution in [0.5, 0.6) is 0 Å². The lowest BCUT2D eigenvalue weighted by Gasteiger charge is -2.39. The molecular formula is C19H34N4O2. The summed E-state index contributed by atoms with van der Waals surface area (Å²) in [5.74, 6) is 1.71. The van der Waals surface area contributed by atoms with Gasteiger partial charge in [-0.1, -0.05) is 20.3 Å². The molecule has 6 heteroatoms. The molecule has 3 unspecified atom stereocenters. The molecule has 0 aromatic heterocycles. The van der Waals surface area contributed by atoms with Crippen molar-refractivity contribution in [1.29, 1.82) is 0 Å². The van der Waals surface area contributed by atoms with E-state index in [-0.39, 0.29) is 17.9 Å². The summed E-state index contributed by atoms with van der Waals surface area (Å²) in [6, 6.07) is 0.0123. The van der Waals surface area contributed by atoms with E-state index < -0.39 is 0 Å². The molecule has 0 aromatic carbocycles. The van der Waals surface area contributed by atoms with Gasteiger partial charge >= 0.3 is 0 Å². The van der Waals surface area contributed by atoms with Crippen LogP contribution in [-0.2, 0) is 9.59 Å². The molecule has 0 radical (unpaired) electrons. The van der Waals surface area contributed by atoms with E-state index in [1.165, 1.54) is 12.8 Å². The predicted octanol–water partition coefficient (Wildman–Crippen LogP) is 0.777. The van der Waals surface area contributed by atoms with Crippen LogP contribution in [0.2, 0.25) is 0 Å². The summed E-state index contributed by atoms with van der Waals surface area (Å²) < 4.78 is 0. The number of piperidine rings is 2. The number of hydrogen-bond donors (Lipinski definition) is 1. The average molecular weight is 351 g/mol. The van der Waals surface area contributed by atoms with Gasteiger partial charge in [-0.25, -0.2) is 0 Å². The lowest BCUT2D eigenvalue weighted by atomic mass is 9.92. The van der Waals surface area contributed by atoms with Gasteiger partial charge in [0.15, 0.2) is 0 Å². The molecule has 3 saturated heterocycles. The van der Waals surface area contributed by atoms with Gasteiger partial charge in [-0.05, 0) is 37.6 Å². The van der Waals surface area contributed by atoms with Crippen LogP contribution in [0.15, 0.2) is 0 Å². The average Bonchev–Trinajstić information content (AvgIpc) is 2.61. The number of amides is 2. The van der Waals surface area contributed by atoms with Gasteiger partial charge in [-0.15, -0.1) is 0 Å². The summed E-state index contributed by atoms with van der Waals surface area (Å²) in [5, 5.41) is 3.35. The van der Waals surface area contributed by atoms with Crippen LogP contribution in [0.4, 0.5) is 0 Å². The van der Waals surface area contributed by atoms with Crippen LogP contribution in [-0.4, -0.2) is 84.9 Å². The molecule has 3 fully saturated rings. The minimum atomic E-state index is 0.0123. The van der Waals surface area contributed by atoms with E-state index in [9.17, 15) is 9.59 Å². The fourth-order valence-electron chi connectivity index (χ4n) is 4.57. The minimum absolute atomic E-state index is 0.0123. The number of carbonyl (C=O) groups is 2. The largest absolute Gasteiger partial charge is 0.341 e. The fraction of sp³-hybridized carbons (Fsp3) is 0.895. The van der Waals surface area contributed by atoms with Crippen molar-refractivity contribution in [1.82, 2.24) is 20.0 Å². The SMILES string of the molecule is CC1CC(C)CN(C(=O)CN2CCN(C(=O)C3CCCCN3)CC2)C1. The smallest absolute Gasteiger partial charge is 0.239 e. The maximum absolute atomic E-state index is 12.6. The van der Waals surface area contributed by atoms with Gasteiger partial charge < -0.3 is 15.1 Å². The van der Waals surface area contributed by atoms with Crippen molar-refractivity contribution in [3.05, 3.63) is 0 Å². The first kappa shape index (κ1) is 18.6. The highest BCUT2D eigenvalue weighted by atomic mass is 16.2. The van der Waals surface area contributed by atoms with Gasteiger partial charge in [0.1, 0.15) is 0 Å². The second-order valence-corrected chi connectivity index (χ2v) is 8.35. The van der Waals surface area contributed by atoms with Gasteiger partial charge in [0.2, 0.25) is 11.8 Å². The maximum atomic E-state index is 12.6. The standard InChI is InChI=1S/C19H34N4O2/c1-15-11-16(2)13-23(12-15)18(24)14-21-7-9-22(10-8-21)19(25)17-5-3-4-6-20-17/h15-17,20H,3-14H2,1-2H3. The summed E-state index contributed by atoms with van der Waals surface area (Å²) in [5.41, 5.74) is 0. The molecule has 0 bridgehead atoms. The van der Waals surface area contributed by atoms with Crippen LogP contribution in [0, 0.1) is 11.8 Å². The molecule has 3 heterocycles. The zero-order chi connectivity index (χ0) is 17.8. The van der Waals surface area contributed by atoms with Crippen LogP contribution >= 0.6 is 0 Å². The Hall–Kier alpha value is -1.14. The maximum Gasteiger partial charge on any atom is 0.239 e. The Morgan fingerprint density at radius 2 is 1.64 bits per heavy atom. The van der Waals surface area contributed by atoms with Crippen molar-refractivity contribution in [2.75, 3.05) is 52.4 Å². The Morgan fingerprint density at radius 1 is 0.960 bits per heavy atom. The van der Waals surface area contributed by atoms with E-state index in [1.54, 1.807) is 0 Å². The number of piperazine rings is 1. The molecule has 0 aliphatic carbocycles. The highest BCUT2D eigenvalue weighted by Gasteiger charge is 2.30. The lowest BCUT2D eigenvalue weighted by Crippen LogP contribution is -2.56. The van der Waals surface area contributed by atoms with Gasteiger partial charge in [0.25, 0.3) is 0 Å². The van der Waals surface area contributed by atoms with Gasteiger partial charge in [0.05, 0.1) is 12.6 Å². The normalized spacial score (nSPS) is 31.8. The highest BCUT2D eigenvalue weighted by molar-refractivity contribution is 5.82. The Morgan fingerprint density at radius 3 is 2.24 bits per heavy atom. The molecule has 25 heavy (non-hydrogen) atoms. The lowest BCUT2D eigenvalue weighted by molar-refractivity contribution is -0.138. The van der Waals surface area contributed by atoms with Crippen molar-refractivity contribution in [2.24, 2.45) is 11.8 Å². The van der Waals surface area contributed by atoms with Crippen LogP contribution in [0.3, 0.4) is 0 Å². The van der Waals surface area contributed by atoms with E-state index in [0.29, 0.717) is 18.4 Å². The number of rotatable bonds is 3. The molecule has 3 atom stereocenters. The number of nitrogens with zero attached hydrogens (tertiary/aromatic N) is 3. The Balaban J connectivity index is 1.42. The number of likely N-dealkylation sites (tertiary alicyclic amines) is 1. The molecule has 142 valence electrons. The zero-order valence-electron chi connectivity index (χ0n) is 15.9. The van der Waals surface area contributed by atoms with E-state index >= 15 is 0 Å². The number of carbonyl (C=O) groups excluding carboxylic acids is 2. The highest BCUT2D eigenvalue weighted by Crippen LogP contribution is 2.21. The molecule has 3 aliphatic heterocycles. The Bertz CT molecular complexity index is 460. The fourth-order valence-corrected chi connectivity index (χ4v) is 4.57. The molecule has 1 N–H and O–H groups in total. The minimum Gasteiger partial charge on any atom is -0.341 e. The second kappa shape index (κ2) is 8.49. The van der Waals surface area contributed by atoms with E-state index in [2.05, 4.69) is 24.1 Å². The van der Waals surface area contributed by atoms with Crippen LogP contribution < -0.4 is 5.32 Å². The van der Waals surface area contributed by atoms with Gasteiger partial charge in [-0.2, -0.15) is 0 Å². The zero-order valence-corrected chi connectivity index (χ0v) is 15.9. The summed E-state index contributed by atoms with van der Waals surface area (Å²) >= 11 is 0. The third kappa shape index (κ3) is 4.94. The summed E-state index contributed by atoms with van der Waals surface area (Å²) in [6.45, 7) is 10.8. The van der Waals surface area contributed by atoms with Crippen molar-refractivity contribution in [3.63, 3.8) is 0 Å². The topological polar surface area (TPSA) is 55.9 Å². The first-order valence-corrected chi connectivity index (χ1v) is 10.0. The molecular weight excluding hydrogens is 316 g/mol. The first-order chi connectivity index (χ1) is 12.0. The van der Waals surface area contributed by atoms with Crippen molar-refractivity contribution in [2.45, 2.75) is 45.6 Å². The Kier molecular flexibility index (Phi) is 6.34. The molecule has 3 rings (SSSR count). The summed E-state index contributed by atoms with van der Waals surface area (Å²) in [4.78, 5) is 31.4. The second-order valence-electron chi connectivity index (χ2n) is 8.35. The molecule has 0 aromatic rings. The quantitative estimate of drug-likeness (QED) is 0.817. The van der Waals surface area contributed by atoms with Crippen LogP contribution in [0.1, 0.15) is 39.5 Å². The third-order valence-corrected chi connectivity index (χ3v) is 5.87. The van der Waals surface area contributed by atoms with Crippen LogP contribution in [0.25, 0.3) is 0 Å². The molecule has 2 amide bonds. The summed E-state index contributed by atoms with van der Waals surface area (Å²) in [6.07, 6.45) is 4.50. The molecule has 0 spiro atoms. The first-order valence-electron chi connectivity index (χ1n) is 10.0. The van der Waals surface area contributed by atoms with Gasteiger partial charge in [0, 0.05) is 39.3 Å². The van der Waals surface area contributed by atoms with Crippen molar-refractivity contribution >= 4 is 11.8 Å². The van der Waals surface area contributed by atoms with E-state index in [4.69, 9.17) is 0 Å². The molecule has 3 aliphatic rings. The van der Waals surface area contributed by atoms with Crippen molar-refractivity contribution in [3.8, 4) is 0 Å². The predicted molar refractivity (Wildman–Crippen MR) is 98.2 cm³/mol. The third-order valence-electron chi connectivity index (χ3n) is 5.87. The van der Waals surface area contributed by atoms with E-state index in [0.717, 1.165) is 58.7 Å². The van der Waals surface area contributed by atoms with Gasteiger partial charge in [-0.3, -0.25) is 14.5 Å². The number of hydrogen-bond acceptors (Lipinski definition) is 4. The summed E-state index contributed by atoms with van der Waals surface area (Å²) in [7, 11) is 0. The number of nitrogens with one attached hydrogen (secondary N) is 1. The Labute approximate surface area is 151 Å². The monoisotopic (exact) mass is 350 g/mol. The molecule has 0 saturated carbocycles.